The Balaban J connectivity index is 3.03. The third-order valence-electron chi connectivity index (χ3n) is 1.64. The van der Waals surface area contributed by atoms with Gasteiger partial charge in [-0.1, -0.05) is 12.1 Å². The van der Waals surface area contributed by atoms with Crippen LogP contribution in [0.15, 0.2) is 24.3 Å². The Labute approximate surface area is 76.0 Å². The van der Waals surface area contributed by atoms with Crippen molar-refractivity contribution < 1.29 is 14.3 Å². The number of hydrogen-bond donors (Lipinski definition) is 1. The molecule has 0 spiro atoms. The fraction of sp³-hybridized carbons (Fsp3) is 0.300. The zero-order valence-electron chi connectivity index (χ0n) is 7.54. The van der Waals surface area contributed by atoms with E-state index < -0.39 is 17.2 Å². The van der Waals surface area contributed by atoms with Crippen LogP contribution in [0.4, 0.5) is 4.39 Å². The van der Waals surface area contributed by atoms with Gasteiger partial charge in [-0.25, -0.2) is 4.39 Å². The summed E-state index contributed by atoms with van der Waals surface area (Å²) in [5.41, 5.74) is -1.26. The van der Waals surface area contributed by atoms with Crippen molar-refractivity contribution >= 4 is 5.78 Å². The van der Waals surface area contributed by atoms with Crippen molar-refractivity contribution in [3.8, 4) is 0 Å². The van der Waals surface area contributed by atoms with Gasteiger partial charge in [-0.2, -0.15) is 0 Å². The molecule has 2 nitrogen and oxygen atoms in total. The van der Waals surface area contributed by atoms with Crippen LogP contribution in [-0.4, -0.2) is 16.5 Å². The maximum absolute atomic E-state index is 12.7. The highest BCUT2D eigenvalue weighted by molar-refractivity contribution is 6.01. The van der Waals surface area contributed by atoms with Gasteiger partial charge in [0.1, 0.15) is 11.4 Å². The molecule has 70 valence electrons. The lowest BCUT2D eigenvalue weighted by Gasteiger charge is -2.15. The number of aliphatic hydroxyl groups is 1. The number of hydrogen-bond acceptors (Lipinski definition) is 2. The number of ketones is 1. The lowest BCUT2D eigenvalue weighted by atomic mass is 9.97. The minimum absolute atomic E-state index is 0.188. The Morgan fingerprint density at radius 3 is 2.54 bits per heavy atom. The van der Waals surface area contributed by atoms with E-state index >= 15 is 0 Å². The molecule has 0 heterocycles. The minimum Gasteiger partial charge on any atom is -0.382 e. The van der Waals surface area contributed by atoms with E-state index in [9.17, 15) is 14.3 Å². The third-order valence-corrected chi connectivity index (χ3v) is 1.64. The Morgan fingerprint density at radius 1 is 1.46 bits per heavy atom. The first-order valence-corrected chi connectivity index (χ1v) is 3.94. The highest BCUT2D eigenvalue weighted by atomic mass is 19.1. The first kappa shape index (κ1) is 9.86. The summed E-state index contributed by atoms with van der Waals surface area (Å²) in [7, 11) is 0. The average molecular weight is 182 g/mol. The quantitative estimate of drug-likeness (QED) is 0.708. The fourth-order valence-electron chi connectivity index (χ4n) is 0.983. The van der Waals surface area contributed by atoms with Crippen LogP contribution in [-0.2, 0) is 0 Å². The lowest BCUT2D eigenvalue weighted by Crippen LogP contribution is -2.31. The monoisotopic (exact) mass is 182 g/mol. The topological polar surface area (TPSA) is 37.3 Å². The zero-order valence-corrected chi connectivity index (χ0v) is 7.54. The summed E-state index contributed by atoms with van der Waals surface area (Å²) in [5, 5.41) is 9.36. The smallest absolute Gasteiger partial charge is 0.193 e. The van der Waals surface area contributed by atoms with Crippen molar-refractivity contribution in [2.75, 3.05) is 0 Å². The van der Waals surface area contributed by atoms with Crippen LogP contribution >= 0.6 is 0 Å². The van der Waals surface area contributed by atoms with Gasteiger partial charge in [0.15, 0.2) is 5.78 Å². The van der Waals surface area contributed by atoms with Gasteiger partial charge < -0.3 is 5.11 Å². The summed E-state index contributed by atoms with van der Waals surface area (Å²) in [6.45, 7) is 2.75. The van der Waals surface area contributed by atoms with Gasteiger partial charge in [-0.15, -0.1) is 0 Å². The number of carbonyl (C=O) groups is 1. The molecule has 0 radical (unpaired) electrons. The molecule has 13 heavy (non-hydrogen) atoms. The maximum atomic E-state index is 12.7. The van der Waals surface area contributed by atoms with Gasteiger partial charge in [-0.3, -0.25) is 4.79 Å². The van der Waals surface area contributed by atoms with Crippen molar-refractivity contribution in [3.63, 3.8) is 0 Å². The molecule has 1 aromatic carbocycles. The van der Waals surface area contributed by atoms with E-state index in [0.717, 1.165) is 6.07 Å². The molecule has 0 fully saturated rings. The van der Waals surface area contributed by atoms with E-state index in [4.69, 9.17) is 0 Å². The molecule has 3 heteroatoms. The van der Waals surface area contributed by atoms with Crippen molar-refractivity contribution in [2.45, 2.75) is 19.4 Å². The highest BCUT2D eigenvalue weighted by Crippen LogP contribution is 2.13. The normalized spacial score (nSPS) is 11.4. The molecule has 1 rings (SSSR count). The average Bonchev–Trinajstić information content (AvgIpc) is 2.01. The Kier molecular flexibility index (Phi) is 2.48. The van der Waals surface area contributed by atoms with E-state index in [1.807, 2.05) is 0 Å². The summed E-state index contributed by atoms with van der Waals surface area (Å²) in [4.78, 5) is 11.4. The largest absolute Gasteiger partial charge is 0.382 e. The standard InChI is InChI=1S/C10H11FO2/c1-10(2,13)9(12)7-4-3-5-8(11)6-7/h3-6,13H,1-2H3. The van der Waals surface area contributed by atoms with Gasteiger partial charge in [0.2, 0.25) is 0 Å². The van der Waals surface area contributed by atoms with E-state index in [0.29, 0.717) is 0 Å². The van der Waals surface area contributed by atoms with Crippen LogP contribution in [0.3, 0.4) is 0 Å². The molecule has 0 saturated carbocycles. The minimum atomic E-state index is -1.45. The number of rotatable bonds is 2. The Morgan fingerprint density at radius 2 is 2.08 bits per heavy atom. The van der Waals surface area contributed by atoms with E-state index in [-0.39, 0.29) is 5.56 Å². The van der Waals surface area contributed by atoms with Crippen LogP contribution in [0.5, 0.6) is 0 Å². The molecule has 0 aliphatic rings. The van der Waals surface area contributed by atoms with Gasteiger partial charge >= 0.3 is 0 Å². The third kappa shape index (κ3) is 2.36. The summed E-state index contributed by atoms with van der Waals surface area (Å²) in [6, 6.07) is 5.28. The molecule has 1 N–H and O–H groups in total. The first-order valence-electron chi connectivity index (χ1n) is 3.94. The molecule has 0 amide bonds. The van der Waals surface area contributed by atoms with Crippen LogP contribution in [0, 0.1) is 5.82 Å². The van der Waals surface area contributed by atoms with Gasteiger partial charge in [-0.05, 0) is 26.0 Å². The molecule has 0 aromatic heterocycles. The number of halogens is 1. The highest BCUT2D eigenvalue weighted by Gasteiger charge is 2.25. The second-order valence-corrected chi connectivity index (χ2v) is 3.40. The molecule has 0 bridgehead atoms. The van der Waals surface area contributed by atoms with Crippen molar-refractivity contribution in [1.29, 1.82) is 0 Å². The van der Waals surface area contributed by atoms with Gasteiger partial charge in [0.25, 0.3) is 0 Å². The number of carbonyl (C=O) groups excluding carboxylic acids is 1. The zero-order chi connectivity index (χ0) is 10.1. The Hall–Kier alpha value is -1.22. The SMILES string of the molecule is CC(C)(O)C(=O)c1cccc(F)c1. The van der Waals surface area contributed by atoms with Crippen molar-refractivity contribution in [2.24, 2.45) is 0 Å². The number of benzene rings is 1. The Bertz CT molecular complexity index is 326. The van der Waals surface area contributed by atoms with Crippen LogP contribution in [0.2, 0.25) is 0 Å². The molecular weight excluding hydrogens is 171 g/mol. The number of Topliss-reactive ketones (excluding diaryl/α,β-unsaturated/α-hetero) is 1. The second kappa shape index (κ2) is 3.26. The predicted octanol–water partition coefficient (Wildman–Crippen LogP) is 1.78. The molecular formula is C10H11FO2. The van der Waals surface area contributed by atoms with Crippen molar-refractivity contribution in [1.82, 2.24) is 0 Å². The first-order chi connectivity index (χ1) is 5.91. The second-order valence-electron chi connectivity index (χ2n) is 3.40. The van der Waals surface area contributed by atoms with Crippen LogP contribution in [0.25, 0.3) is 0 Å². The predicted molar refractivity (Wildman–Crippen MR) is 47.0 cm³/mol. The van der Waals surface area contributed by atoms with E-state index in [1.165, 1.54) is 32.0 Å². The molecule has 0 aliphatic heterocycles. The van der Waals surface area contributed by atoms with Gasteiger partial charge in [0.05, 0.1) is 0 Å². The van der Waals surface area contributed by atoms with Crippen molar-refractivity contribution in [3.05, 3.63) is 35.6 Å². The van der Waals surface area contributed by atoms with Crippen LogP contribution in [0.1, 0.15) is 24.2 Å². The maximum Gasteiger partial charge on any atom is 0.193 e. The van der Waals surface area contributed by atoms with Crippen LogP contribution < -0.4 is 0 Å². The molecule has 0 aliphatic carbocycles. The molecule has 0 saturated heterocycles. The lowest BCUT2D eigenvalue weighted by molar-refractivity contribution is 0.0487. The van der Waals surface area contributed by atoms with E-state index in [2.05, 4.69) is 0 Å². The summed E-state index contributed by atoms with van der Waals surface area (Å²) in [6.07, 6.45) is 0. The van der Waals surface area contributed by atoms with Gasteiger partial charge in [0, 0.05) is 5.56 Å². The molecule has 0 atom stereocenters. The molecule has 1 aromatic rings. The summed E-state index contributed by atoms with van der Waals surface area (Å²) >= 11 is 0. The summed E-state index contributed by atoms with van der Waals surface area (Å²) < 4.78 is 12.7. The fourth-order valence-corrected chi connectivity index (χ4v) is 0.983. The molecule has 0 unspecified atom stereocenters. The van der Waals surface area contributed by atoms with E-state index in [1.54, 1.807) is 0 Å². The summed E-state index contributed by atoms with van der Waals surface area (Å²) in [5.74, 6) is -0.956.